The van der Waals surface area contributed by atoms with Crippen LogP contribution in [0.25, 0.3) is 0 Å². The monoisotopic (exact) mass is 386 g/mol. The molecule has 1 N–H and O–H groups in total. The summed E-state index contributed by atoms with van der Waals surface area (Å²) in [7, 11) is 4.21. The van der Waals surface area contributed by atoms with Crippen molar-refractivity contribution >= 4 is 28.5 Å². The number of nitrogens with zero attached hydrogens (tertiary/aromatic N) is 1. The van der Waals surface area contributed by atoms with Crippen LogP contribution >= 0.6 is 22.6 Å². The molecule has 20 heavy (non-hydrogen) atoms. The first-order valence-corrected chi connectivity index (χ1v) is 8.36. The van der Waals surface area contributed by atoms with E-state index in [0.29, 0.717) is 12.0 Å². The quantitative estimate of drug-likeness (QED) is 0.807. The van der Waals surface area contributed by atoms with Crippen LogP contribution in [0, 0.1) is 9.49 Å². The second-order valence-electron chi connectivity index (χ2n) is 5.87. The predicted molar refractivity (Wildman–Crippen MR) is 90.9 cm³/mol. The van der Waals surface area contributed by atoms with Crippen molar-refractivity contribution in [1.29, 1.82) is 0 Å². The summed E-state index contributed by atoms with van der Waals surface area (Å²) in [4.78, 5) is 14.7. The first-order valence-electron chi connectivity index (χ1n) is 7.28. The van der Waals surface area contributed by atoms with Gasteiger partial charge in [-0.15, -0.1) is 0 Å². The van der Waals surface area contributed by atoms with Gasteiger partial charge >= 0.3 is 0 Å². The Hall–Kier alpha value is -0.620. The van der Waals surface area contributed by atoms with Crippen molar-refractivity contribution in [2.45, 2.75) is 31.7 Å². The van der Waals surface area contributed by atoms with Crippen molar-refractivity contribution in [2.75, 3.05) is 20.6 Å². The van der Waals surface area contributed by atoms with Crippen molar-refractivity contribution in [3.05, 3.63) is 33.4 Å². The summed E-state index contributed by atoms with van der Waals surface area (Å²) in [5.74, 6) is 0.648. The lowest BCUT2D eigenvalue weighted by atomic mass is 9.84. The summed E-state index contributed by atoms with van der Waals surface area (Å²) in [6.45, 7) is 1.05. The maximum absolute atomic E-state index is 12.4. The Kier molecular flexibility index (Phi) is 5.84. The van der Waals surface area contributed by atoms with E-state index in [0.717, 1.165) is 22.1 Å². The van der Waals surface area contributed by atoms with Crippen molar-refractivity contribution in [3.63, 3.8) is 0 Å². The van der Waals surface area contributed by atoms with Gasteiger partial charge in [0.1, 0.15) is 0 Å². The molecule has 2 rings (SSSR count). The second-order valence-corrected chi connectivity index (χ2v) is 7.03. The fourth-order valence-electron chi connectivity index (χ4n) is 2.98. The van der Waals surface area contributed by atoms with Crippen molar-refractivity contribution in [1.82, 2.24) is 10.2 Å². The van der Waals surface area contributed by atoms with Crippen LogP contribution in [-0.4, -0.2) is 37.5 Å². The van der Waals surface area contributed by atoms with Crippen LogP contribution in [0.5, 0.6) is 0 Å². The van der Waals surface area contributed by atoms with Crippen LogP contribution in [0.3, 0.4) is 0 Å². The molecule has 1 aliphatic rings. The highest BCUT2D eigenvalue weighted by Crippen LogP contribution is 2.25. The Labute approximate surface area is 135 Å². The Morgan fingerprint density at radius 2 is 2.00 bits per heavy atom. The Morgan fingerprint density at radius 1 is 1.30 bits per heavy atom. The number of carbonyl (C=O) groups is 1. The molecule has 110 valence electrons. The SMILES string of the molecule is CN(C)CC1CCCCC1NC(=O)c1ccccc1I. The number of hydrogen-bond acceptors (Lipinski definition) is 2. The molecular formula is C16H23IN2O. The highest BCUT2D eigenvalue weighted by atomic mass is 127. The highest BCUT2D eigenvalue weighted by Gasteiger charge is 2.27. The molecule has 0 heterocycles. The Bertz CT molecular complexity index is 462. The van der Waals surface area contributed by atoms with Gasteiger partial charge in [0.05, 0.1) is 5.56 Å². The molecule has 4 heteroatoms. The third-order valence-electron chi connectivity index (χ3n) is 3.94. The number of rotatable bonds is 4. The minimum Gasteiger partial charge on any atom is -0.349 e. The topological polar surface area (TPSA) is 32.3 Å². The third-order valence-corrected chi connectivity index (χ3v) is 4.88. The van der Waals surface area contributed by atoms with E-state index < -0.39 is 0 Å². The molecule has 1 aromatic carbocycles. The van der Waals surface area contributed by atoms with E-state index in [9.17, 15) is 4.79 Å². The van der Waals surface area contributed by atoms with Crippen LogP contribution in [-0.2, 0) is 0 Å². The molecule has 0 radical (unpaired) electrons. The van der Waals surface area contributed by atoms with Gasteiger partial charge in [-0.1, -0.05) is 25.0 Å². The number of benzene rings is 1. The average Bonchev–Trinajstić information content (AvgIpc) is 2.41. The zero-order valence-corrected chi connectivity index (χ0v) is 14.4. The minimum absolute atomic E-state index is 0.0747. The summed E-state index contributed by atoms with van der Waals surface area (Å²) >= 11 is 2.23. The van der Waals surface area contributed by atoms with E-state index >= 15 is 0 Å². The maximum Gasteiger partial charge on any atom is 0.252 e. The van der Waals surface area contributed by atoms with E-state index in [-0.39, 0.29) is 5.91 Å². The summed E-state index contributed by atoms with van der Waals surface area (Å²) in [6, 6.07) is 8.09. The van der Waals surface area contributed by atoms with E-state index in [2.05, 4.69) is 46.9 Å². The molecule has 3 nitrogen and oxygen atoms in total. The van der Waals surface area contributed by atoms with E-state index in [1.807, 2.05) is 24.3 Å². The van der Waals surface area contributed by atoms with Gasteiger partial charge in [0.25, 0.3) is 5.91 Å². The molecule has 0 bridgehead atoms. The van der Waals surface area contributed by atoms with Gasteiger partial charge in [0.2, 0.25) is 0 Å². The normalized spacial score (nSPS) is 22.8. The van der Waals surface area contributed by atoms with Crippen LogP contribution in [0.1, 0.15) is 36.0 Å². The summed E-state index contributed by atoms with van der Waals surface area (Å²) in [5.41, 5.74) is 0.794. The smallest absolute Gasteiger partial charge is 0.252 e. The Morgan fingerprint density at radius 3 is 2.70 bits per heavy atom. The van der Waals surface area contributed by atoms with Gasteiger partial charge in [-0.05, 0) is 67.6 Å². The molecule has 0 saturated heterocycles. The molecule has 2 unspecified atom stereocenters. The fourth-order valence-corrected chi connectivity index (χ4v) is 3.61. The highest BCUT2D eigenvalue weighted by molar-refractivity contribution is 14.1. The van der Waals surface area contributed by atoms with Gasteiger partial charge in [-0.2, -0.15) is 0 Å². The molecule has 1 amide bonds. The molecule has 0 spiro atoms. The van der Waals surface area contributed by atoms with Crippen LogP contribution in [0.4, 0.5) is 0 Å². The van der Waals surface area contributed by atoms with Crippen molar-refractivity contribution in [2.24, 2.45) is 5.92 Å². The largest absolute Gasteiger partial charge is 0.349 e. The molecule has 1 fully saturated rings. The van der Waals surface area contributed by atoms with E-state index in [4.69, 9.17) is 0 Å². The molecule has 1 saturated carbocycles. The molecular weight excluding hydrogens is 363 g/mol. The lowest BCUT2D eigenvalue weighted by Crippen LogP contribution is -2.45. The van der Waals surface area contributed by atoms with Gasteiger partial charge < -0.3 is 10.2 Å². The lowest BCUT2D eigenvalue weighted by Gasteiger charge is -2.34. The zero-order chi connectivity index (χ0) is 14.5. The Balaban J connectivity index is 2.03. The van der Waals surface area contributed by atoms with Gasteiger partial charge in [0.15, 0.2) is 0 Å². The standard InChI is InChI=1S/C16H23IN2O/c1-19(2)11-12-7-3-6-10-15(12)18-16(20)13-8-4-5-9-14(13)17/h4-5,8-9,12,15H,3,6-7,10-11H2,1-2H3,(H,18,20). The fraction of sp³-hybridized carbons (Fsp3) is 0.562. The first-order chi connectivity index (χ1) is 9.58. The molecule has 0 aliphatic heterocycles. The average molecular weight is 386 g/mol. The number of carbonyl (C=O) groups excluding carboxylic acids is 1. The zero-order valence-electron chi connectivity index (χ0n) is 12.2. The minimum atomic E-state index is 0.0747. The van der Waals surface area contributed by atoms with Gasteiger partial charge in [-0.3, -0.25) is 4.79 Å². The van der Waals surface area contributed by atoms with Crippen LogP contribution in [0.2, 0.25) is 0 Å². The summed E-state index contributed by atoms with van der Waals surface area (Å²) in [5, 5.41) is 3.26. The van der Waals surface area contributed by atoms with E-state index in [1.165, 1.54) is 19.3 Å². The van der Waals surface area contributed by atoms with Crippen molar-refractivity contribution in [3.8, 4) is 0 Å². The predicted octanol–water partition coefficient (Wildman–Crippen LogP) is 3.14. The first kappa shape index (κ1) is 15.8. The number of hydrogen-bond donors (Lipinski definition) is 1. The molecule has 1 aromatic rings. The summed E-state index contributed by atoms with van der Waals surface area (Å²) in [6.07, 6.45) is 4.83. The second kappa shape index (κ2) is 7.41. The molecule has 2 atom stereocenters. The van der Waals surface area contributed by atoms with Gasteiger partial charge in [-0.25, -0.2) is 0 Å². The third kappa shape index (κ3) is 4.19. The maximum atomic E-state index is 12.4. The summed E-state index contributed by atoms with van der Waals surface area (Å²) < 4.78 is 1.02. The van der Waals surface area contributed by atoms with Crippen molar-refractivity contribution < 1.29 is 4.79 Å². The number of halogens is 1. The van der Waals surface area contributed by atoms with Crippen LogP contribution in [0.15, 0.2) is 24.3 Å². The van der Waals surface area contributed by atoms with Gasteiger partial charge in [0, 0.05) is 16.2 Å². The number of nitrogens with one attached hydrogen (secondary N) is 1. The number of amides is 1. The molecule has 1 aliphatic carbocycles. The molecule has 0 aromatic heterocycles. The van der Waals surface area contributed by atoms with E-state index in [1.54, 1.807) is 0 Å². The lowest BCUT2D eigenvalue weighted by molar-refractivity contribution is 0.0894. The van der Waals surface area contributed by atoms with Crippen LogP contribution < -0.4 is 5.32 Å².